The van der Waals surface area contributed by atoms with Gasteiger partial charge >= 0.3 is 0 Å². The predicted octanol–water partition coefficient (Wildman–Crippen LogP) is 2.25. The molecule has 1 saturated heterocycles. The molecule has 0 amide bonds. The first-order chi connectivity index (χ1) is 9.22. The fraction of sp³-hybridized carbons (Fsp3) is 0.571. The van der Waals surface area contributed by atoms with Crippen molar-refractivity contribution in [3.8, 4) is 11.5 Å². The summed E-state index contributed by atoms with van der Waals surface area (Å²) in [5.41, 5.74) is 1.14. The molecule has 2 aliphatic heterocycles. The molecule has 0 saturated carbocycles. The minimum Gasteiger partial charge on any atom is -0.454 e. The number of rotatable bonds is 3. The molecule has 4 nitrogen and oxygen atoms in total. The molecule has 104 valence electrons. The molecule has 1 N–H and O–H groups in total. The van der Waals surface area contributed by atoms with Crippen LogP contribution < -0.4 is 14.8 Å². The quantitative estimate of drug-likeness (QED) is 0.922. The van der Waals surface area contributed by atoms with Gasteiger partial charge in [-0.1, -0.05) is 11.6 Å². The number of likely N-dealkylation sites (tertiary alicyclic amines) is 1. The third-order valence-electron chi connectivity index (χ3n) is 3.71. The summed E-state index contributed by atoms with van der Waals surface area (Å²) in [4.78, 5) is 2.37. The number of hydrogen-bond donors (Lipinski definition) is 1. The normalized spacial score (nSPS) is 22.7. The van der Waals surface area contributed by atoms with Gasteiger partial charge in [-0.3, -0.25) is 0 Å². The van der Waals surface area contributed by atoms with Crippen molar-refractivity contribution < 1.29 is 9.47 Å². The number of ether oxygens (including phenoxy) is 2. The molecule has 1 atom stereocenters. The topological polar surface area (TPSA) is 33.7 Å². The lowest BCUT2D eigenvalue weighted by molar-refractivity contribution is 0.174. The van der Waals surface area contributed by atoms with E-state index in [1.54, 1.807) is 0 Å². The van der Waals surface area contributed by atoms with E-state index in [0.717, 1.165) is 24.4 Å². The Morgan fingerprint density at radius 3 is 3.16 bits per heavy atom. The fourth-order valence-corrected chi connectivity index (χ4v) is 3.01. The van der Waals surface area contributed by atoms with Crippen LogP contribution >= 0.6 is 11.6 Å². The van der Waals surface area contributed by atoms with Crippen LogP contribution in [-0.4, -0.2) is 37.9 Å². The van der Waals surface area contributed by atoms with Crippen molar-refractivity contribution in [3.63, 3.8) is 0 Å². The summed E-state index contributed by atoms with van der Waals surface area (Å²) in [6, 6.07) is 4.52. The Kier molecular flexibility index (Phi) is 3.82. The zero-order chi connectivity index (χ0) is 13.2. The molecular formula is C14H19ClN2O2. The number of piperidine rings is 1. The number of hydrogen-bond acceptors (Lipinski definition) is 4. The standard InChI is InChI=1S/C14H19ClN2O2/c1-17-4-2-3-11(8-17)16-7-10-5-12(15)14-13(6-10)18-9-19-14/h5-6,11,16H,2-4,7-9H2,1H3. The number of likely N-dealkylation sites (N-methyl/N-ethyl adjacent to an activating group) is 1. The van der Waals surface area contributed by atoms with Gasteiger partial charge < -0.3 is 19.7 Å². The summed E-state index contributed by atoms with van der Waals surface area (Å²) < 4.78 is 10.7. The second-order valence-corrected chi connectivity index (χ2v) is 5.70. The van der Waals surface area contributed by atoms with Crippen molar-refractivity contribution in [3.05, 3.63) is 22.7 Å². The van der Waals surface area contributed by atoms with E-state index in [0.29, 0.717) is 16.8 Å². The molecule has 5 heteroatoms. The van der Waals surface area contributed by atoms with E-state index in [-0.39, 0.29) is 6.79 Å². The highest BCUT2D eigenvalue weighted by Gasteiger charge is 2.20. The largest absolute Gasteiger partial charge is 0.454 e. The second-order valence-electron chi connectivity index (χ2n) is 5.29. The van der Waals surface area contributed by atoms with Gasteiger partial charge in [0.2, 0.25) is 6.79 Å². The third kappa shape index (κ3) is 2.96. The van der Waals surface area contributed by atoms with Crippen molar-refractivity contribution in [2.24, 2.45) is 0 Å². The number of fused-ring (bicyclic) bond motifs is 1. The Morgan fingerprint density at radius 2 is 2.32 bits per heavy atom. The molecule has 0 radical (unpaired) electrons. The molecular weight excluding hydrogens is 264 g/mol. The van der Waals surface area contributed by atoms with Crippen LogP contribution in [0.15, 0.2) is 12.1 Å². The Bertz CT molecular complexity index is 467. The zero-order valence-electron chi connectivity index (χ0n) is 11.1. The van der Waals surface area contributed by atoms with Crippen LogP contribution in [0.3, 0.4) is 0 Å². The smallest absolute Gasteiger partial charge is 0.231 e. The first kappa shape index (κ1) is 13.0. The van der Waals surface area contributed by atoms with E-state index < -0.39 is 0 Å². The van der Waals surface area contributed by atoms with Gasteiger partial charge in [0.25, 0.3) is 0 Å². The lowest BCUT2D eigenvalue weighted by atomic mass is 10.1. The molecule has 3 rings (SSSR count). The second kappa shape index (κ2) is 5.57. The van der Waals surface area contributed by atoms with Gasteiger partial charge in [-0.05, 0) is 44.1 Å². The molecule has 0 aromatic heterocycles. The molecule has 1 aromatic carbocycles. The highest BCUT2D eigenvalue weighted by Crippen LogP contribution is 2.39. The van der Waals surface area contributed by atoms with Crippen LogP contribution in [0, 0.1) is 0 Å². The van der Waals surface area contributed by atoms with Gasteiger partial charge in [0.05, 0.1) is 5.02 Å². The van der Waals surface area contributed by atoms with Crippen LogP contribution in [-0.2, 0) is 6.54 Å². The predicted molar refractivity (Wildman–Crippen MR) is 74.9 cm³/mol. The van der Waals surface area contributed by atoms with Gasteiger partial charge in [0.1, 0.15) is 0 Å². The summed E-state index contributed by atoms with van der Waals surface area (Å²) in [6.45, 7) is 3.39. The minimum absolute atomic E-state index is 0.263. The van der Waals surface area contributed by atoms with E-state index >= 15 is 0 Å². The van der Waals surface area contributed by atoms with E-state index in [1.807, 2.05) is 12.1 Å². The van der Waals surface area contributed by atoms with Gasteiger partial charge in [-0.2, -0.15) is 0 Å². The lowest BCUT2D eigenvalue weighted by Crippen LogP contribution is -2.43. The Labute approximate surface area is 118 Å². The maximum Gasteiger partial charge on any atom is 0.231 e. The maximum atomic E-state index is 6.18. The van der Waals surface area contributed by atoms with E-state index in [9.17, 15) is 0 Å². The number of nitrogens with one attached hydrogen (secondary N) is 1. The lowest BCUT2D eigenvalue weighted by Gasteiger charge is -2.30. The van der Waals surface area contributed by atoms with Crippen LogP contribution in [0.5, 0.6) is 11.5 Å². The van der Waals surface area contributed by atoms with Gasteiger partial charge in [0, 0.05) is 19.1 Å². The summed E-state index contributed by atoms with van der Waals surface area (Å²) in [7, 11) is 2.17. The van der Waals surface area contributed by atoms with Crippen molar-refractivity contribution in [2.45, 2.75) is 25.4 Å². The summed E-state index contributed by atoms with van der Waals surface area (Å²) in [5.74, 6) is 1.42. The summed E-state index contributed by atoms with van der Waals surface area (Å²) in [6.07, 6.45) is 2.50. The first-order valence-corrected chi connectivity index (χ1v) is 7.10. The zero-order valence-corrected chi connectivity index (χ0v) is 11.9. The Balaban J connectivity index is 1.62. The summed E-state index contributed by atoms with van der Waals surface area (Å²) >= 11 is 6.18. The monoisotopic (exact) mass is 282 g/mol. The van der Waals surface area contributed by atoms with Gasteiger partial charge in [0.15, 0.2) is 11.5 Å². The van der Waals surface area contributed by atoms with E-state index in [2.05, 4.69) is 17.3 Å². The molecule has 0 bridgehead atoms. The van der Waals surface area contributed by atoms with Crippen molar-refractivity contribution in [2.75, 3.05) is 26.9 Å². The fourth-order valence-electron chi connectivity index (χ4n) is 2.72. The van der Waals surface area contributed by atoms with E-state index in [4.69, 9.17) is 21.1 Å². The van der Waals surface area contributed by atoms with Crippen LogP contribution in [0.1, 0.15) is 18.4 Å². The number of benzene rings is 1. The van der Waals surface area contributed by atoms with Gasteiger partial charge in [-0.15, -0.1) is 0 Å². The highest BCUT2D eigenvalue weighted by molar-refractivity contribution is 6.32. The van der Waals surface area contributed by atoms with Crippen LogP contribution in [0.4, 0.5) is 0 Å². The molecule has 2 aliphatic rings. The Hall–Kier alpha value is -0.970. The highest BCUT2D eigenvalue weighted by atomic mass is 35.5. The molecule has 0 aliphatic carbocycles. The van der Waals surface area contributed by atoms with Crippen molar-refractivity contribution in [1.82, 2.24) is 10.2 Å². The summed E-state index contributed by atoms with van der Waals surface area (Å²) in [5, 5.41) is 4.22. The molecule has 0 spiro atoms. The van der Waals surface area contributed by atoms with Crippen molar-refractivity contribution in [1.29, 1.82) is 0 Å². The van der Waals surface area contributed by atoms with E-state index in [1.165, 1.54) is 19.4 Å². The molecule has 2 heterocycles. The first-order valence-electron chi connectivity index (χ1n) is 6.72. The SMILES string of the molecule is CN1CCCC(NCc2cc(Cl)c3c(c2)OCO3)C1. The number of nitrogens with zero attached hydrogens (tertiary/aromatic N) is 1. The average molecular weight is 283 g/mol. The molecule has 1 aromatic rings. The average Bonchev–Trinajstić information content (AvgIpc) is 2.85. The van der Waals surface area contributed by atoms with Crippen LogP contribution in [0.2, 0.25) is 5.02 Å². The van der Waals surface area contributed by atoms with Crippen LogP contribution in [0.25, 0.3) is 0 Å². The molecule has 19 heavy (non-hydrogen) atoms. The van der Waals surface area contributed by atoms with Gasteiger partial charge in [-0.25, -0.2) is 0 Å². The maximum absolute atomic E-state index is 6.18. The minimum atomic E-state index is 0.263. The number of halogens is 1. The molecule has 1 fully saturated rings. The van der Waals surface area contributed by atoms with Crippen molar-refractivity contribution >= 4 is 11.6 Å². The molecule has 1 unspecified atom stereocenters. The third-order valence-corrected chi connectivity index (χ3v) is 3.99. The Morgan fingerprint density at radius 1 is 1.42 bits per heavy atom.